The minimum Gasteiger partial charge on any atom is -0.399 e. The van der Waals surface area contributed by atoms with Gasteiger partial charge in [0.1, 0.15) is 5.82 Å². The van der Waals surface area contributed by atoms with E-state index in [4.69, 9.17) is 9.31 Å². The first kappa shape index (κ1) is 15.2. The van der Waals surface area contributed by atoms with Gasteiger partial charge in [0.25, 0.3) is 0 Å². The van der Waals surface area contributed by atoms with Crippen molar-refractivity contribution < 1.29 is 9.31 Å². The zero-order valence-electron chi connectivity index (χ0n) is 14.0. The number of nitrogens with zero attached hydrogens (tertiary/aromatic N) is 3. The normalized spacial score (nSPS) is 19.6. The lowest BCUT2D eigenvalue weighted by atomic mass is 9.80. The maximum atomic E-state index is 6.08. The van der Waals surface area contributed by atoms with Crippen LogP contribution in [0.5, 0.6) is 0 Å². The fourth-order valence-corrected chi connectivity index (χ4v) is 2.37. The largest absolute Gasteiger partial charge is 0.496 e. The quantitative estimate of drug-likeness (QED) is 0.794. The lowest BCUT2D eigenvalue weighted by molar-refractivity contribution is 0.00578. The molecule has 0 atom stereocenters. The Hall–Kier alpha value is -1.66. The van der Waals surface area contributed by atoms with Crippen LogP contribution in [0.3, 0.4) is 0 Å². The molecule has 3 heterocycles. The second kappa shape index (κ2) is 4.93. The molecular weight excluding hydrogens is 277 g/mol. The van der Waals surface area contributed by atoms with Gasteiger partial charge in [-0.3, -0.25) is 4.98 Å². The first-order valence-corrected chi connectivity index (χ1v) is 7.49. The predicted octanol–water partition coefficient (Wildman–Crippen LogP) is 1.99. The lowest BCUT2D eigenvalue weighted by Gasteiger charge is -2.32. The molecule has 0 aliphatic carbocycles. The molecule has 0 aromatic carbocycles. The molecule has 1 saturated heterocycles. The summed E-state index contributed by atoms with van der Waals surface area (Å²) in [6, 6.07) is 5.94. The first-order chi connectivity index (χ1) is 10.2. The number of fused-ring (bicyclic) bond motifs is 1. The molecule has 1 aliphatic rings. The number of hydrogen-bond donors (Lipinski definition) is 0. The van der Waals surface area contributed by atoms with Crippen LogP contribution in [0.1, 0.15) is 27.7 Å². The van der Waals surface area contributed by atoms with E-state index in [-0.39, 0.29) is 11.2 Å². The van der Waals surface area contributed by atoms with Crippen molar-refractivity contribution >= 4 is 29.4 Å². The van der Waals surface area contributed by atoms with E-state index in [0.29, 0.717) is 0 Å². The summed E-state index contributed by atoms with van der Waals surface area (Å²) in [4.78, 5) is 11.1. The monoisotopic (exact) mass is 299 g/mol. The topological polar surface area (TPSA) is 47.5 Å². The maximum Gasteiger partial charge on any atom is 0.496 e. The molecule has 22 heavy (non-hydrogen) atoms. The van der Waals surface area contributed by atoms with Crippen LogP contribution in [-0.4, -0.2) is 42.4 Å². The summed E-state index contributed by atoms with van der Waals surface area (Å²) in [7, 11) is 3.53. The number of pyridine rings is 2. The van der Waals surface area contributed by atoms with Crippen molar-refractivity contribution in [3.8, 4) is 0 Å². The van der Waals surface area contributed by atoms with E-state index in [9.17, 15) is 0 Å². The Morgan fingerprint density at radius 3 is 2.23 bits per heavy atom. The molecule has 0 N–H and O–H groups in total. The van der Waals surface area contributed by atoms with Crippen LogP contribution in [0.15, 0.2) is 24.4 Å². The van der Waals surface area contributed by atoms with Gasteiger partial charge in [0.15, 0.2) is 0 Å². The number of anilines is 1. The molecule has 2 aromatic rings. The lowest BCUT2D eigenvalue weighted by Crippen LogP contribution is -2.41. The molecule has 5 nitrogen and oxygen atoms in total. The Balaban J connectivity index is 1.99. The van der Waals surface area contributed by atoms with E-state index in [1.165, 1.54) is 0 Å². The van der Waals surface area contributed by atoms with Gasteiger partial charge in [0.2, 0.25) is 0 Å². The average Bonchev–Trinajstić information content (AvgIpc) is 2.66. The molecule has 0 radical (unpaired) electrons. The van der Waals surface area contributed by atoms with Crippen LogP contribution in [0.25, 0.3) is 11.0 Å². The summed E-state index contributed by atoms with van der Waals surface area (Å²) in [6.45, 7) is 8.18. The van der Waals surface area contributed by atoms with Crippen LogP contribution in [0, 0.1) is 0 Å². The third-order valence-electron chi connectivity index (χ3n) is 4.53. The highest BCUT2D eigenvalue weighted by Gasteiger charge is 2.51. The molecule has 1 fully saturated rings. The Morgan fingerprint density at radius 1 is 1.00 bits per heavy atom. The van der Waals surface area contributed by atoms with Crippen molar-refractivity contribution in [2.24, 2.45) is 0 Å². The first-order valence-electron chi connectivity index (χ1n) is 7.49. The third kappa shape index (κ3) is 2.46. The highest BCUT2D eigenvalue weighted by Crippen LogP contribution is 2.36. The Labute approximate surface area is 131 Å². The third-order valence-corrected chi connectivity index (χ3v) is 4.53. The zero-order chi connectivity index (χ0) is 16.1. The van der Waals surface area contributed by atoms with E-state index in [1.807, 2.05) is 71.1 Å². The number of aromatic nitrogens is 2. The Morgan fingerprint density at radius 2 is 1.64 bits per heavy atom. The second-order valence-electron chi connectivity index (χ2n) is 6.96. The number of hydrogen-bond acceptors (Lipinski definition) is 5. The molecular formula is C16H22BN3O2. The van der Waals surface area contributed by atoms with Crippen LogP contribution < -0.4 is 10.4 Å². The van der Waals surface area contributed by atoms with Gasteiger partial charge < -0.3 is 14.2 Å². The van der Waals surface area contributed by atoms with Gasteiger partial charge in [-0.1, -0.05) is 0 Å². The van der Waals surface area contributed by atoms with Crippen molar-refractivity contribution in [3.05, 3.63) is 24.4 Å². The molecule has 6 heteroatoms. The predicted molar refractivity (Wildman–Crippen MR) is 89.6 cm³/mol. The van der Waals surface area contributed by atoms with Gasteiger partial charge in [0, 0.05) is 25.8 Å². The fraction of sp³-hybridized carbons (Fsp3) is 0.500. The smallest absolute Gasteiger partial charge is 0.399 e. The van der Waals surface area contributed by atoms with Gasteiger partial charge in [-0.15, -0.1) is 0 Å². The van der Waals surface area contributed by atoms with Crippen LogP contribution in [0.2, 0.25) is 0 Å². The summed E-state index contributed by atoms with van der Waals surface area (Å²) < 4.78 is 12.2. The average molecular weight is 299 g/mol. The van der Waals surface area contributed by atoms with Gasteiger partial charge in [0.05, 0.1) is 22.2 Å². The number of rotatable bonds is 2. The van der Waals surface area contributed by atoms with Gasteiger partial charge in [-0.2, -0.15) is 0 Å². The molecule has 0 spiro atoms. The van der Waals surface area contributed by atoms with Gasteiger partial charge in [-0.25, -0.2) is 4.98 Å². The van der Waals surface area contributed by atoms with Crippen LogP contribution >= 0.6 is 0 Å². The molecule has 1 aliphatic heterocycles. The minimum atomic E-state index is -0.410. The van der Waals surface area contributed by atoms with Crippen molar-refractivity contribution in [2.75, 3.05) is 19.0 Å². The summed E-state index contributed by atoms with van der Waals surface area (Å²) in [5.41, 5.74) is 1.90. The molecule has 0 saturated carbocycles. The van der Waals surface area contributed by atoms with Crippen molar-refractivity contribution in [1.82, 2.24) is 9.97 Å². The van der Waals surface area contributed by atoms with E-state index in [0.717, 1.165) is 22.3 Å². The minimum absolute atomic E-state index is 0.356. The van der Waals surface area contributed by atoms with E-state index < -0.39 is 7.12 Å². The zero-order valence-corrected chi connectivity index (χ0v) is 14.0. The van der Waals surface area contributed by atoms with Crippen molar-refractivity contribution in [2.45, 2.75) is 38.9 Å². The molecule has 0 unspecified atom stereocenters. The standard InChI is InChI=1S/C16H22BN3O2/c1-15(2)16(3,4)22-17(21-15)11-9-13-12(18-10-11)7-8-14(19-13)20(5)6/h7-10H,1-6H3. The molecule has 0 bridgehead atoms. The second-order valence-corrected chi connectivity index (χ2v) is 6.96. The molecule has 116 valence electrons. The van der Waals surface area contributed by atoms with Crippen LogP contribution in [-0.2, 0) is 9.31 Å². The SMILES string of the molecule is CN(C)c1ccc2ncc(B3OC(C)(C)C(C)(C)O3)cc2n1. The Bertz CT molecular complexity index is 700. The highest BCUT2D eigenvalue weighted by atomic mass is 16.7. The van der Waals surface area contributed by atoms with E-state index >= 15 is 0 Å². The summed E-state index contributed by atoms with van der Waals surface area (Å²) in [5, 5.41) is 0. The van der Waals surface area contributed by atoms with Crippen molar-refractivity contribution in [1.29, 1.82) is 0 Å². The summed E-state index contributed by atoms with van der Waals surface area (Å²) >= 11 is 0. The summed E-state index contributed by atoms with van der Waals surface area (Å²) in [6.07, 6.45) is 1.81. The molecule has 0 amide bonds. The van der Waals surface area contributed by atoms with Gasteiger partial charge >= 0.3 is 7.12 Å². The van der Waals surface area contributed by atoms with Gasteiger partial charge in [-0.05, 0) is 45.9 Å². The van der Waals surface area contributed by atoms with E-state index in [2.05, 4.69) is 9.97 Å². The van der Waals surface area contributed by atoms with Crippen LogP contribution in [0.4, 0.5) is 5.82 Å². The Kier molecular flexibility index (Phi) is 3.42. The molecule has 3 rings (SSSR count). The summed E-state index contributed by atoms with van der Waals surface area (Å²) in [5.74, 6) is 0.903. The highest BCUT2D eigenvalue weighted by molar-refractivity contribution is 6.62. The molecule has 2 aromatic heterocycles. The van der Waals surface area contributed by atoms with E-state index in [1.54, 1.807) is 0 Å². The maximum absolute atomic E-state index is 6.08. The van der Waals surface area contributed by atoms with Crippen molar-refractivity contribution in [3.63, 3.8) is 0 Å². The fourth-order valence-electron chi connectivity index (χ4n) is 2.37.